The highest BCUT2D eigenvalue weighted by atomic mass is 32.2. The number of pyridine rings is 1. The standard InChI is InChI=1S/C25H28N4O4S/c1-32-23-7-3-5-16-4-2-6-22(25(16)23)27-24-11-8-17-12-18(9-10-21(17)26-24)28-34(30,31)29-14-20-13-19(29)15-33-20/h3,5,7-12,19-20,22,28H,2,4,6,13-15H2,1H3,(H,26,27)/t19-,20+,22?/m0/s1. The number of morpholine rings is 1. The smallest absolute Gasteiger partial charge is 0.302 e. The molecule has 3 heterocycles. The summed E-state index contributed by atoms with van der Waals surface area (Å²) in [4.78, 5) is 4.79. The summed E-state index contributed by atoms with van der Waals surface area (Å²) in [5.41, 5.74) is 3.87. The highest BCUT2D eigenvalue weighted by molar-refractivity contribution is 7.90. The lowest BCUT2D eigenvalue weighted by atomic mass is 9.87. The third kappa shape index (κ3) is 3.87. The molecule has 2 aliphatic heterocycles. The minimum absolute atomic E-state index is 0.0180. The van der Waals surface area contributed by atoms with Crippen molar-refractivity contribution in [2.45, 2.75) is 43.9 Å². The average Bonchev–Trinajstić information content (AvgIpc) is 3.48. The van der Waals surface area contributed by atoms with Crippen LogP contribution in [0.15, 0.2) is 48.5 Å². The molecule has 6 rings (SSSR count). The van der Waals surface area contributed by atoms with Crippen LogP contribution in [0.1, 0.15) is 36.4 Å². The molecule has 0 amide bonds. The molecule has 0 spiro atoms. The maximum Gasteiger partial charge on any atom is 0.302 e. The zero-order valence-corrected chi connectivity index (χ0v) is 19.8. The molecule has 0 radical (unpaired) electrons. The van der Waals surface area contributed by atoms with Crippen molar-refractivity contribution in [3.63, 3.8) is 0 Å². The number of hydrogen-bond donors (Lipinski definition) is 2. The van der Waals surface area contributed by atoms with Crippen molar-refractivity contribution in [1.29, 1.82) is 0 Å². The summed E-state index contributed by atoms with van der Waals surface area (Å²) in [7, 11) is -1.90. The molecular formula is C25H28N4O4S. The Kier molecular flexibility index (Phi) is 5.35. The van der Waals surface area contributed by atoms with E-state index in [0.717, 1.165) is 48.2 Å². The van der Waals surface area contributed by atoms with Crippen molar-refractivity contribution in [2.24, 2.45) is 0 Å². The number of ether oxygens (including phenoxy) is 2. The lowest BCUT2D eigenvalue weighted by Gasteiger charge is -2.28. The molecule has 2 N–H and O–H groups in total. The van der Waals surface area contributed by atoms with Crippen molar-refractivity contribution in [3.8, 4) is 5.75 Å². The zero-order valence-electron chi connectivity index (χ0n) is 19.0. The number of nitrogens with zero attached hydrogens (tertiary/aromatic N) is 2. The second kappa shape index (κ2) is 8.41. The number of aromatic nitrogens is 1. The molecule has 2 saturated heterocycles. The number of methoxy groups -OCH3 is 1. The molecule has 34 heavy (non-hydrogen) atoms. The highest BCUT2D eigenvalue weighted by Gasteiger charge is 2.45. The summed E-state index contributed by atoms with van der Waals surface area (Å²) in [6.07, 6.45) is 3.97. The van der Waals surface area contributed by atoms with Gasteiger partial charge >= 0.3 is 10.2 Å². The summed E-state index contributed by atoms with van der Waals surface area (Å²) in [5, 5.41) is 4.46. The van der Waals surface area contributed by atoms with E-state index in [1.807, 2.05) is 36.4 Å². The van der Waals surface area contributed by atoms with Crippen LogP contribution in [0.3, 0.4) is 0 Å². The first-order valence-electron chi connectivity index (χ1n) is 11.7. The first kappa shape index (κ1) is 21.6. The second-order valence-corrected chi connectivity index (χ2v) is 10.9. The maximum atomic E-state index is 12.9. The van der Waals surface area contributed by atoms with Crippen molar-refractivity contribution in [3.05, 3.63) is 59.7 Å². The largest absolute Gasteiger partial charge is 0.496 e. The Labute approximate surface area is 199 Å². The van der Waals surface area contributed by atoms with E-state index in [2.05, 4.69) is 16.1 Å². The fraction of sp³-hybridized carbons (Fsp3) is 0.400. The van der Waals surface area contributed by atoms with Crippen molar-refractivity contribution >= 4 is 32.6 Å². The molecule has 3 aliphatic rings. The zero-order chi connectivity index (χ0) is 23.3. The predicted molar refractivity (Wildman–Crippen MR) is 131 cm³/mol. The maximum absolute atomic E-state index is 12.9. The Hall–Kier alpha value is -2.88. The summed E-state index contributed by atoms with van der Waals surface area (Å²) in [6, 6.07) is 15.7. The molecule has 2 aromatic carbocycles. The number of nitrogens with one attached hydrogen (secondary N) is 2. The molecule has 2 fully saturated rings. The minimum Gasteiger partial charge on any atom is -0.496 e. The Morgan fingerprint density at radius 1 is 1.18 bits per heavy atom. The molecule has 1 aromatic heterocycles. The average molecular weight is 481 g/mol. The molecule has 3 atom stereocenters. The lowest BCUT2D eigenvalue weighted by Crippen LogP contribution is -2.44. The molecule has 178 valence electrons. The number of benzene rings is 2. The van der Waals surface area contributed by atoms with Gasteiger partial charge in [-0.3, -0.25) is 4.72 Å². The molecule has 8 nitrogen and oxygen atoms in total. The van der Waals surface area contributed by atoms with Gasteiger partial charge in [0, 0.05) is 17.5 Å². The van der Waals surface area contributed by atoms with Crippen LogP contribution in [0.4, 0.5) is 11.5 Å². The minimum atomic E-state index is -3.62. The quantitative estimate of drug-likeness (QED) is 0.557. The van der Waals surface area contributed by atoms with Gasteiger partial charge in [-0.25, -0.2) is 4.98 Å². The van der Waals surface area contributed by atoms with Crippen LogP contribution in [0.2, 0.25) is 0 Å². The van der Waals surface area contributed by atoms with E-state index in [9.17, 15) is 8.42 Å². The van der Waals surface area contributed by atoms with E-state index >= 15 is 0 Å². The number of hydrogen-bond acceptors (Lipinski definition) is 6. The molecule has 3 aromatic rings. The van der Waals surface area contributed by atoms with E-state index in [-0.39, 0.29) is 18.2 Å². The van der Waals surface area contributed by atoms with Gasteiger partial charge in [-0.1, -0.05) is 12.1 Å². The van der Waals surface area contributed by atoms with Crippen LogP contribution in [0.25, 0.3) is 10.9 Å². The van der Waals surface area contributed by atoms with E-state index in [0.29, 0.717) is 18.8 Å². The summed E-state index contributed by atoms with van der Waals surface area (Å²) in [6.45, 7) is 0.888. The SMILES string of the molecule is COc1cccc2c1C(Nc1ccc3cc(NS(=O)(=O)N4C[C@H]5C[C@H]4CO5)ccc3n1)CCC2. The lowest BCUT2D eigenvalue weighted by molar-refractivity contribution is 0.0611. The fourth-order valence-corrected chi connectivity index (χ4v) is 6.92. The molecule has 1 unspecified atom stereocenters. The van der Waals surface area contributed by atoms with Crippen LogP contribution in [0, 0.1) is 0 Å². The van der Waals surface area contributed by atoms with Crippen molar-refractivity contribution in [2.75, 3.05) is 30.3 Å². The van der Waals surface area contributed by atoms with Crippen LogP contribution in [-0.4, -0.2) is 50.1 Å². The van der Waals surface area contributed by atoms with Gasteiger partial charge < -0.3 is 14.8 Å². The fourth-order valence-electron chi connectivity index (χ4n) is 5.48. The third-order valence-corrected chi connectivity index (χ3v) is 8.64. The number of anilines is 2. The van der Waals surface area contributed by atoms with Gasteiger partial charge in [-0.15, -0.1) is 0 Å². The van der Waals surface area contributed by atoms with Gasteiger partial charge in [0.15, 0.2) is 0 Å². The number of aryl methyl sites for hydroxylation is 1. The van der Waals surface area contributed by atoms with Crippen molar-refractivity contribution in [1.82, 2.24) is 9.29 Å². The Morgan fingerprint density at radius 3 is 2.88 bits per heavy atom. The molecule has 0 saturated carbocycles. The molecule has 1 aliphatic carbocycles. The highest BCUT2D eigenvalue weighted by Crippen LogP contribution is 2.38. The first-order chi connectivity index (χ1) is 16.5. The van der Waals surface area contributed by atoms with E-state index in [4.69, 9.17) is 14.5 Å². The number of fused-ring (bicyclic) bond motifs is 4. The topological polar surface area (TPSA) is 92.8 Å². The number of rotatable bonds is 6. The van der Waals surface area contributed by atoms with Crippen LogP contribution >= 0.6 is 0 Å². The first-order valence-corrected chi connectivity index (χ1v) is 13.2. The second-order valence-electron chi connectivity index (χ2n) is 9.25. The van der Waals surface area contributed by atoms with E-state index in [1.165, 1.54) is 15.4 Å². The summed E-state index contributed by atoms with van der Waals surface area (Å²) >= 11 is 0. The van der Waals surface area contributed by atoms with E-state index < -0.39 is 10.2 Å². The van der Waals surface area contributed by atoms with E-state index in [1.54, 1.807) is 13.2 Å². The van der Waals surface area contributed by atoms with Crippen molar-refractivity contribution < 1.29 is 17.9 Å². The van der Waals surface area contributed by atoms with Gasteiger partial charge in [-0.2, -0.15) is 12.7 Å². The summed E-state index contributed by atoms with van der Waals surface area (Å²) < 4.78 is 41.2. The Balaban J connectivity index is 1.22. The third-order valence-electron chi connectivity index (χ3n) is 7.08. The Morgan fingerprint density at radius 2 is 2.09 bits per heavy atom. The monoisotopic (exact) mass is 480 g/mol. The van der Waals surface area contributed by atoms with Gasteiger partial charge in [0.05, 0.1) is 43.1 Å². The van der Waals surface area contributed by atoms with Gasteiger partial charge in [0.25, 0.3) is 0 Å². The van der Waals surface area contributed by atoms with Crippen LogP contribution in [-0.2, 0) is 21.4 Å². The molecular weight excluding hydrogens is 452 g/mol. The van der Waals surface area contributed by atoms with Gasteiger partial charge in [-0.05, 0) is 67.6 Å². The molecule has 9 heteroatoms. The van der Waals surface area contributed by atoms with Crippen LogP contribution in [0.5, 0.6) is 5.75 Å². The molecule has 2 bridgehead atoms. The Bertz CT molecular complexity index is 1330. The normalized spacial score (nSPS) is 24.2. The summed E-state index contributed by atoms with van der Waals surface area (Å²) in [5.74, 6) is 1.70. The van der Waals surface area contributed by atoms with Crippen LogP contribution < -0.4 is 14.8 Å². The van der Waals surface area contributed by atoms with Gasteiger partial charge in [0.1, 0.15) is 11.6 Å². The predicted octanol–water partition coefficient (Wildman–Crippen LogP) is 3.86. The van der Waals surface area contributed by atoms with Gasteiger partial charge in [0.2, 0.25) is 0 Å².